The minimum Gasteiger partial charge on any atom is -0.396 e. The number of rotatable bonds is 22. The molecular formula is C78H99BrN8O11S4. The quantitative estimate of drug-likeness (QED) is 0.0397. The van der Waals surface area contributed by atoms with Gasteiger partial charge in [-0.25, -0.2) is 33.7 Å². The number of aliphatic hydroxyl groups is 1. The number of halogens is 1. The molecule has 8 aromatic rings. The van der Waals surface area contributed by atoms with Gasteiger partial charge in [0.25, 0.3) is 40.1 Å². The fourth-order valence-electron chi connectivity index (χ4n) is 13.4. The van der Waals surface area contributed by atoms with Crippen molar-refractivity contribution in [2.75, 3.05) is 106 Å². The molecular weight excluding hydrogens is 1430 g/mol. The zero-order valence-electron chi connectivity index (χ0n) is 60.1. The first-order valence-electron chi connectivity index (χ1n) is 34.8. The van der Waals surface area contributed by atoms with Crippen LogP contribution in [0.2, 0.25) is 0 Å². The lowest BCUT2D eigenvalue weighted by atomic mass is 9.96. The van der Waals surface area contributed by atoms with E-state index in [1.54, 1.807) is 72.7 Å². The summed E-state index contributed by atoms with van der Waals surface area (Å²) in [6.07, 6.45) is 9.33. The van der Waals surface area contributed by atoms with Crippen LogP contribution in [0.4, 0.5) is 22.7 Å². The van der Waals surface area contributed by atoms with Gasteiger partial charge in [-0.3, -0.25) is 17.2 Å². The van der Waals surface area contributed by atoms with Gasteiger partial charge in [0.2, 0.25) is 0 Å². The largest absolute Gasteiger partial charge is 0.396 e. The fourth-order valence-corrected chi connectivity index (χ4v) is 19.9. The van der Waals surface area contributed by atoms with E-state index in [2.05, 4.69) is 44.1 Å². The van der Waals surface area contributed by atoms with Crippen molar-refractivity contribution in [2.24, 2.45) is 0 Å². The van der Waals surface area contributed by atoms with E-state index in [1.807, 2.05) is 160 Å². The molecule has 4 atom stereocenters. The number of unbranched alkanes of at least 4 members (excludes halogenated alkanes) is 5. The molecule has 4 heterocycles. The number of aryl methyl sites for hydroxylation is 3. The van der Waals surface area contributed by atoms with E-state index in [0.717, 1.165) is 123 Å². The van der Waals surface area contributed by atoms with Gasteiger partial charge in [-0.05, 0) is 201 Å². The Morgan fingerprint density at radius 1 is 0.363 bits per heavy atom. The first-order chi connectivity index (χ1) is 48.9. The van der Waals surface area contributed by atoms with Crippen LogP contribution in [0.5, 0.6) is 0 Å². The van der Waals surface area contributed by atoms with E-state index in [0.29, 0.717) is 56.4 Å². The van der Waals surface area contributed by atoms with Crippen molar-refractivity contribution in [1.29, 1.82) is 0 Å². The van der Waals surface area contributed by atoms with Crippen molar-refractivity contribution in [1.82, 2.24) is 21.3 Å². The number of ether oxygens (including phenoxy) is 2. The topological polar surface area (TPSA) is 236 Å². The highest BCUT2D eigenvalue weighted by atomic mass is 79.9. The van der Waals surface area contributed by atoms with Crippen LogP contribution < -0.4 is 38.5 Å². The maximum atomic E-state index is 13.2. The summed E-state index contributed by atoms with van der Waals surface area (Å²) in [5, 5.41) is 23.1. The number of benzene rings is 8. The molecule has 24 heteroatoms. The van der Waals surface area contributed by atoms with Crippen LogP contribution in [-0.2, 0) is 49.6 Å². The molecule has 12 rings (SSSR count). The molecule has 8 aromatic carbocycles. The Morgan fingerprint density at radius 3 is 1.06 bits per heavy atom. The predicted molar refractivity (Wildman–Crippen MR) is 413 cm³/mol. The van der Waals surface area contributed by atoms with Crippen LogP contribution >= 0.6 is 15.9 Å². The number of methoxy groups -OCH3 is 2. The number of nitrogens with zero attached hydrogens (tertiary/aromatic N) is 4. The second-order valence-electron chi connectivity index (χ2n) is 26.0. The van der Waals surface area contributed by atoms with Crippen LogP contribution in [0.15, 0.2) is 194 Å². The van der Waals surface area contributed by atoms with Gasteiger partial charge in [0.05, 0.1) is 66.5 Å². The third-order valence-electron chi connectivity index (χ3n) is 18.9. The lowest BCUT2D eigenvalue weighted by molar-refractivity contribution is 0.193. The standard InChI is InChI=1S/C22H30N2O2S.C19H23BrN2O3S.C19H24N2O3S.C18H22N2O3S/c1-4-5-6-7-10-15-23-22-18-11-8-9-12-20(18)24(3)27(25,26)21-16-17(2)13-14-19(21)22;1-13-5-7-15-18(11-13)26(23,24)22(2)17-8-6-14(20)12-16(17)19(15)21-9-4-10-25-3;1-14-9-10-16-18(13-14)25(23,24)21(2)17-8-4-3-7-15(17)19(16)20-11-5-6-12-22;1-20-16-10-5-3-8-14(16)18(19-12-7-13-23-2)15-9-4-6-11-17(15)24(20,21)22/h8-9,11-14,16,22-23H,4-7,10,15H2,1-3H3;5-8,11-12,19,21H,4,9-10H2,1-3H3;3-4,7-10,13,19-20,22H,5-6,11-12H2,1-2H3;3-6,8-11,18-19H,7,12-13H2,1-2H3. The average molecular weight is 1530 g/mol. The molecule has 0 aromatic heterocycles. The number of fused-ring (bicyclic) bond motifs is 8. The third kappa shape index (κ3) is 17.7. The molecule has 5 N–H and O–H groups in total. The number of para-hydroxylation sites is 3. The molecule has 0 amide bonds. The number of aliphatic hydroxyl groups excluding tert-OH is 1. The van der Waals surface area contributed by atoms with Gasteiger partial charge in [0.1, 0.15) is 0 Å². The summed E-state index contributed by atoms with van der Waals surface area (Å²) in [6.45, 7) is 12.5. The van der Waals surface area contributed by atoms with Gasteiger partial charge >= 0.3 is 0 Å². The smallest absolute Gasteiger partial charge is 0.264 e. The lowest BCUT2D eigenvalue weighted by Gasteiger charge is -2.22. The molecule has 19 nitrogen and oxygen atoms in total. The maximum Gasteiger partial charge on any atom is 0.264 e. The van der Waals surface area contributed by atoms with Gasteiger partial charge < -0.3 is 35.8 Å². The Kier molecular flexibility index (Phi) is 27.6. The van der Waals surface area contributed by atoms with Crippen molar-refractivity contribution in [3.8, 4) is 0 Å². The zero-order chi connectivity index (χ0) is 73.5. The zero-order valence-corrected chi connectivity index (χ0v) is 65.0. The second-order valence-corrected chi connectivity index (χ2v) is 34.7. The molecule has 0 bridgehead atoms. The Hall–Kier alpha value is -7.04. The number of hydrogen-bond donors (Lipinski definition) is 5. The summed E-state index contributed by atoms with van der Waals surface area (Å²) in [5.41, 5.74) is 12.6. The SMILES string of the molecule is CCCCCCCNC1c2ccccc2N(C)S(=O)(=O)c2cc(C)ccc21.COCCCNC1c2cc(Br)ccc2N(C)S(=O)(=O)c2cc(C)ccc21.COCCCNC1c2ccccc2N(C)S(=O)(=O)c2ccccc21.Cc1ccc2c(c1)S(=O)(=O)N(C)c1ccccc1C2NCCCCO. The van der Waals surface area contributed by atoms with E-state index in [4.69, 9.17) is 14.6 Å². The minimum absolute atomic E-state index is 0.122. The number of sulfonamides is 4. The van der Waals surface area contributed by atoms with E-state index in [1.165, 1.54) is 42.9 Å². The Bertz CT molecular complexity index is 4660. The summed E-state index contributed by atoms with van der Waals surface area (Å²) in [5.74, 6) is 0. The summed E-state index contributed by atoms with van der Waals surface area (Å²) in [6, 6.07) is 52.2. The van der Waals surface area contributed by atoms with E-state index < -0.39 is 40.1 Å². The van der Waals surface area contributed by atoms with E-state index in [-0.39, 0.29) is 30.8 Å². The monoisotopic (exact) mass is 1530 g/mol. The molecule has 0 saturated carbocycles. The van der Waals surface area contributed by atoms with Gasteiger partial charge in [0, 0.05) is 66.7 Å². The molecule has 0 saturated heterocycles. The molecule has 548 valence electrons. The van der Waals surface area contributed by atoms with Crippen molar-refractivity contribution in [3.05, 3.63) is 236 Å². The van der Waals surface area contributed by atoms with Gasteiger partial charge in [-0.2, -0.15) is 0 Å². The number of anilines is 4. The third-order valence-corrected chi connectivity index (χ3v) is 26.8. The summed E-state index contributed by atoms with van der Waals surface area (Å²) in [4.78, 5) is 1.47. The molecule has 4 unspecified atom stereocenters. The van der Waals surface area contributed by atoms with Crippen LogP contribution in [-0.4, -0.2) is 127 Å². The molecule has 0 fully saturated rings. The van der Waals surface area contributed by atoms with Crippen molar-refractivity contribution < 1.29 is 48.3 Å². The second kappa shape index (κ2) is 35.6. The molecule has 0 spiro atoms. The Balaban J connectivity index is 0.000000158. The lowest BCUT2D eigenvalue weighted by Crippen LogP contribution is -2.26. The molecule has 4 aliphatic rings. The highest BCUT2D eigenvalue weighted by Gasteiger charge is 2.39. The van der Waals surface area contributed by atoms with Crippen molar-refractivity contribution >= 4 is 78.8 Å². The molecule has 4 aliphatic heterocycles. The highest BCUT2D eigenvalue weighted by molar-refractivity contribution is 9.10. The highest BCUT2D eigenvalue weighted by Crippen LogP contribution is 2.45. The minimum atomic E-state index is -3.62. The Morgan fingerprint density at radius 2 is 0.676 bits per heavy atom. The summed E-state index contributed by atoms with van der Waals surface area (Å²) in [7, 11) is -4.54. The van der Waals surface area contributed by atoms with Crippen LogP contribution in [0.1, 0.15) is 150 Å². The van der Waals surface area contributed by atoms with Gasteiger partial charge in [-0.15, -0.1) is 0 Å². The molecule has 0 aliphatic carbocycles. The van der Waals surface area contributed by atoms with Crippen molar-refractivity contribution in [3.63, 3.8) is 0 Å². The van der Waals surface area contributed by atoms with Crippen molar-refractivity contribution in [2.45, 2.75) is 129 Å². The fraction of sp³-hybridized carbons (Fsp3) is 0.385. The summed E-state index contributed by atoms with van der Waals surface area (Å²) < 4.78 is 122. The molecule has 102 heavy (non-hydrogen) atoms. The molecule has 0 radical (unpaired) electrons. The number of nitrogens with one attached hydrogen (secondary N) is 4. The first-order valence-corrected chi connectivity index (χ1v) is 41.4. The predicted octanol–water partition coefficient (Wildman–Crippen LogP) is 13.5. The van der Waals surface area contributed by atoms with E-state index >= 15 is 0 Å². The maximum absolute atomic E-state index is 13.2. The van der Waals surface area contributed by atoms with Gasteiger partial charge in [-0.1, -0.05) is 158 Å². The van der Waals surface area contributed by atoms with E-state index in [9.17, 15) is 33.7 Å². The van der Waals surface area contributed by atoms with Gasteiger partial charge in [0.15, 0.2) is 0 Å². The Labute approximate surface area is 614 Å². The normalized spacial score (nSPS) is 18.2. The van der Waals surface area contributed by atoms with Crippen LogP contribution in [0.25, 0.3) is 0 Å². The van der Waals surface area contributed by atoms with Crippen LogP contribution in [0, 0.1) is 20.8 Å². The summed E-state index contributed by atoms with van der Waals surface area (Å²) >= 11 is 3.52. The number of hydrogen-bond acceptors (Lipinski definition) is 15. The average Bonchev–Trinajstić information content (AvgIpc) is 1.63. The van der Waals surface area contributed by atoms with Crippen LogP contribution in [0.3, 0.4) is 0 Å². The first kappa shape index (κ1) is 79.1.